The maximum absolute atomic E-state index is 12.2. The molecule has 1 aromatic carbocycles. The van der Waals surface area contributed by atoms with Crippen LogP contribution in [0.2, 0.25) is 0 Å². The van der Waals surface area contributed by atoms with Crippen molar-refractivity contribution < 1.29 is 14.6 Å². The van der Waals surface area contributed by atoms with Gasteiger partial charge in [-0.2, -0.15) is 0 Å². The molecule has 118 valence electrons. The van der Waals surface area contributed by atoms with E-state index in [1.54, 1.807) is 25.6 Å². The van der Waals surface area contributed by atoms with Crippen LogP contribution in [0.25, 0.3) is 10.9 Å². The van der Waals surface area contributed by atoms with Crippen LogP contribution >= 0.6 is 0 Å². The number of methoxy groups -OCH3 is 1. The summed E-state index contributed by atoms with van der Waals surface area (Å²) >= 11 is 0. The van der Waals surface area contributed by atoms with Crippen LogP contribution in [-0.4, -0.2) is 30.0 Å². The number of aromatic nitrogens is 1. The lowest BCUT2D eigenvalue weighted by atomic mass is 9.85. The molecule has 0 radical (unpaired) electrons. The fraction of sp³-hybridized carbons (Fsp3) is 0.471. The molecule has 0 saturated carbocycles. The zero-order valence-corrected chi connectivity index (χ0v) is 13.2. The van der Waals surface area contributed by atoms with Gasteiger partial charge in [-0.25, -0.2) is 0 Å². The monoisotopic (exact) mass is 303 g/mol. The number of ether oxygens (including phenoxy) is 2. The molecule has 0 aliphatic carbocycles. The smallest absolute Gasteiger partial charge is 0.253 e. The van der Waals surface area contributed by atoms with E-state index < -0.39 is 5.60 Å². The van der Waals surface area contributed by atoms with Crippen LogP contribution in [0.15, 0.2) is 23.0 Å². The molecule has 0 spiro atoms. The first kappa shape index (κ1) is 15.1. The van der Waals surface area contributed by atoms with Crippen molar-refractivity contribution in [2.24, 2.45) is 7.05 Å². The zero-order valence-electron chi connectivity index (χ0n) is 13.2. The van der Waals surface area contributed by atoms with E-state index in [4.69, 9.17) is 9.47 Å². The van der Waals surface area contributed by atoms with Crippen LogP contribution in [0.3, 0.4) is 0 Å². The molecule has 0 atom stereocenters. The van der Waals surface area contributed by atoms with E-state index in [1.807, 2.05) is 18.2 Å². The number of rotatable bonds is 2. The number of hydrogen-bond donors (Lipinski definition) is 1. The lowest BCUT2D eigenvalue weighted by Crippen LogP contribution is -2.33. The van der Waals surface area contributed by atoms with Gasteiger partial charge in [0.2, 0.25) is 0 Å². The van der Waals surface area contributed by atoms with E-state index in [0.717, 1.165) is 16.5 Å². The second-order valence-corrected chi connectivity index (χ2v) is 5.95. The molecule has 2 aromatic rings. The highest BCUT2D eigenvalue weighted by molar-refractivity contribution is 5.87. The van der Waals surface area contributed by atoms with E-state index in [9.17, 15) is 9.90 Å². The Hall–Kier alpha value is -1.85. The van der Waals surface area contributed by atoms with Gasteiger partial charge in [-0.3, -0.25) is 4.79 Å². The summed E-state index contributed by atoms with van der Waals surface area (Å²) < 4.78 is 12.4. The molecule has 0 amide bonds. The molecule has 5 nitrogen and oxygen atoms in total. The molecular weight excluding hydrogens is 282 g/mol. The van der Waals surface area contributed by atoms with Gasteiger partial charge in [0.15, 0.2) is 0 Å². The van der Waals surface area contributed by atoms with Crippen molar-refractivity contribution in [2.45, 2.75) is 25.4 Å². The molecule has 1 N–H and O–H groups in total. The molecular formula is C17H21NO4. The van der Waals surface area contributed by atoms with Crippen LogP contribution < -0.4 is 10.3 Å². The van der Waals surface area contributed by atoms with Crippen LogP contribution in [0.5, 0.6) is 5.75 Å². The van der Waals surface area contributed by atoms with Gasteiger partial charge in [-0.05, 0) is 30.7 Å². The number of benzene rings is 1. The molecule has 1 aromatic heterocycles. The molecule has 1 aliphatic heterocycles. The Morgan fingerprint density at radius 3 is 2.59 bits per heavy atom. The standard InChI is InChI=1S/C17H21NO4/c1-11-8-13-14(18(2)16(11)19)9-12(10-15(13)21-3)17(20)4-6-22-7-5-17/h8-10,20H,4-7H2,1-3H3. The first-order valence-corrected chi connectivity index (χ1v) is 7.45. The van der Waals surface area contributed by atoms with Crippen molar-refractivity contribution in [1.82, 2.24) is 4.57 Å². The highest BCUT2D eigenvalue weighted by atomic mass is 16.5. The minimum absolute atomic E-state index is 0.0364. The largest absolute Gasteiger partial charge is 0.496 e. The van der Waals surface area contributed by atoms with Crippen molar-refractivity contribution in [3.63, 3.8) is 0 Å². The summed E-state index contributed by atoms with van der Waals surface area (Å²) in [4.78, 5) is 12.2. The summed E-state index contributed by atoms with van der Waals surface area (Å²) in [5.74, 6) is 0.672. The number of hydrogen-bond acceptors (Lipinski definition) is 4. The summed E-state index contributed by atoms with van der Waals surface area (Å²) in [6.07, 6.45) is 1.09. The number of nitrogens with zero attached hydrogens (tertiary/aromatic N) is 1. The fourth-order valence-electron chi connectivity index (χ4n) is 3.12. The molecule has 0 unspecified atom stereocenters. The third-order valence-electron chi connectivity index (χ3n) is 4.56. The Bertz CT molecular complexity index is 772. The van der Waals surface area contributed by atoms with Crippen LogP contribution in [0.4, 0.5) is 0 Å². The van der Waals surface area contributed by atoms with Crippen molar-refractivity contribution in [2.75, 3.05) is 20.3 Å². The van der Waals surface area contributed by atoms with Crippen LogP contribution in [-0.2, 0) is 17.4 Å². The maximum Gasteiger partial charge on any atom is 0.253 e. The molecule has 1 fully saturated rings. The van der Waals surface area contributed by atoms with Gasteiger partial charge in [0.1, 0.15) is 5.75 Å². The maximum atomic E-state index is 12.2. The van der Waals surface area contributed by atoms with Crippen LogP contribution in [0, 0.1) is 6.92 Å². The second-order valence-electron chi connectivity index (χ2n) is 5.95. The van der Waals surface area contributed by atoms with Crippen molar-refractivity contribution in [3.8, 4) is 5.75 Å². The summed E-state index contributed by atoms with van der Waals surface area (Å²) in [6, 6.07) is 5.61. The molecule has 2 heterocycles. The van der Waals surface area contributed by atoms with E-state index in [-0.39, 0.29) is 5.56 Å². The van der Waals surface area contributed by atoms with Gasteiger partial charge in [0, 0.05) is 44.1 Å². The minimum atomic E-state index is -0.930. The molecule has 5 heteroatoms. The fourth-order valence-corrected chi connectivity index (χ4v) is 3.12. The lowest BCUT2D eigenvalue weighted by Gasteiger charge is -2.33. The highest BCUT2D eigenvalue weighted by Crippen LogP contribution is 2.37. The van der Waals surface area contributed by atoms with Gasteiger partial charge in [-0.15, -0.1) is 0 Å². The van der Waals surface area contributed by atoms with Crippen molar-refractivity contribution in [1.29, 1.82) is 0 Å². The Labute approximate surface area is 129 Å². The van der Waals surface area contributed by atoms with E-state index in [0.29, 0.717) is 37.4 Å². The summed E-state index contributed by atoms with van der Waals surface area (Å²) in [6.45, 7) is 2.86. The molecule has 0 bridgehead atoms. The summed E-state index contributed by atoms with van der Waals surface area (Å²) in [5.41, 5.74) is 1.25. The Kier molecular flexibility index (Phi) is 3.70. The molecule has 1 aliphatic rings. The van der Waals surface area contributed by atoms with Crippen molar-refractivity contribution in [3.05, 3.63) is 39.7 Å². The van der Waals surface area contributed by atoms with Gasteiger partial charge in [-0.1, -0.05) is 0 Å². The van der Waals surface area contributed by atoms with Gasteiger partial charge in [0.25, 0.3) is 5.56 Å². The average Bonchev–Trinajstić information content (AvgIpc) is 2.52. The molecule has 1 saturated heterocycles. The summed E-state index contributed by atoms with van der Waals surface area (Å²) in [5, 5.41) is 11.8. The first-order valence-electron chi connectivity index (χ1n) is 7.45. The van der Waals surface area contributed by atoms with Gasteiger partial charge in [0.05, 0.1) is 18.2 Å². The zero-order chi connectivity index (χ0) is 15.9. The average molecular weight is 303 g/mol. The van der Waals surface area contributed by atoms with E-state index in [1.165, 1.54) is 0 Å². The number of aryl methyl sites for hydroxylation is 2. The van der Waals surface area contributed by atoms with Crippen molar-refractivity contribution >= 4 is 10.9 Å². The second kappa shape index (κ2) is 5.41. The van der Waals surface area contributed by atoms with E-state index >= 15 is 0 Å². The lowest BCUT2D eigenvalue weighted by molar-refractivity contribution is -0.0679. The SMILES string of the molecule is COc1cc(C2(O)CCOCC2)cc2c1cc(C)c(=O)n2C. The summed E-state index contributed by atoms with van der Waals surface area (Å²) in [7, 11) is 3.35. The quantitative estimate of drug-likeness (QED) is 0.920. The highest BCUT2D eigenvalue weighted by Gasteiger charge is 2.33. The number of pyridine rings is 1. The van der Waals surface area contributed by atoms with Crippen LogP contribution in [0.1, 0.15) is 24.0 Å². The Morgan fingerprint density at radius 1 is 1.27 bits per heavy atom. The Balaban J connectivity index is 2.28. The Morgan fingerprint density at radius 2 is 1.95 bits per heavy atom. The predicted octanol–water partition coefficient (Wildman–Crippen LogP) is 1.85. The third-order valence-corrected chi connectivity index (χ3v) is 4.56. The first-order chi connectivity index (χ1) is 10.5. The normalized spacial score (nSPS) is 17.6. The number of fused-ring (bicyclic) bond motifs is 1. The molecule has 22 heavy (non-hydrogen) atoms. The predicted molar refractivity (Wildman–Crippen MR) is 84.4 cm³/mol. The minimum Gasteiger partial charge on any atom is -0.496 e. The molecule has 3 rings (SSSR count). The number of aliphatic hydroxyl groups is 1. The van der Waals surface area contributed by atoms with E-state index in [2.05, 4.69) is 0 Å². The third kappa shape index (κ3) is 2.30. The van der Waals surface area contributed by atoms with Gasteiger partial charge >= 0.3 is 0 Å². The topological polar surface area (TPSA) is 60.7 Å². The van der Waals surface area contributed by atoms with Gasteiger partial charge < -0.3 is 19.1 Å².